The summed E-state index contributed by atoms with van der Waals surface area (Å²) in [7, 11) is 3.17. The number of benzene rings is 2. The van der Waals surface area contributed by atoms with E-state index in [-0.39, 0.29) is 6.03 Å². The van der Waals surface area contributed by atoms with Crippen molar-refractivity contribution in [1.82, 2.24) is 9.80 Å². The van der Waals surface area contributed by atoms with Crippen LogP contribution in [0.2, 0.25) is 0 Å². The van der Waals surface area contributed by atoms with Crippen LogP contribution in [-0.4, -0.2) is 69.4 Å². The van der Waals surface area contributed by atoms with Gasteiger partial charge in [0.1, 0.15) is 23.9 Å². The lowest BCUT2D eigenvalue weighted by Gasteiger charge is -2.34. The molecule has 2 aromatic carbocycles. The number of anilines is 1. The summed E-state index contributed by atoms with van der Waals surface area (Å²) in [6, 6.07) is 15.0. The number of piperazine rings is 1. The van der Waals surface area contributed by atoms with Gasteiger partial charge in [0.05, 0.1) is 19.9 Å². The SMILES string of the molecule is COc1ccc(OC)c(NC(=O)N2CCN(CCOc3ccccc3)CC2)c1. The van der Waals surface area contributed by atoms with Gasteiger partial charge < -0.3 is 24.4 Å². The van der Waals surface area contributed by atoms with Crippen molar-refractivity contribution in [3.63, 3.8) is 0 Å². The molecule has 1 saturated heterocycles. The second-order valence-corrected chi connectivity index (χ2v) is 6.49. The van der Waals surface area contributed by atoms with Gasteiger partial charge in [-0.1, -0.05) is 18.2 Å². The zero-order chi connectivity index (χ0) is 19.8. The number of ether oxygens (including phenoxy) is 3. The van der Waals surface area contributed by atoms with Crippen LogP contribution < -0.4 is 19.5 Å². The maximum Gasteiger partial charge on any atom is 0.322 e. The van der Waals surface area contributed by atoms with E-state index in [1.807, 2.05) is 35.2 Å². The topological polar surface area (TPSA) is 63.3 Å². The summed E-state index contributed by atoms with van der Waals surface area (Å²) >= 11 is 0. The molecule has 0 bridgehead atoms. The molecule has 0 radical (unpaired) electrons. The van der Waals surface area contributed by atoms with Crippen LogP contribution in [0, 0.1) is 0 Å². The van der Waals surface area contributed by atoms with Crippen LogP contribution >= 0.6 is 0 Å². The van der Waals surface area contributed by atoms with Crippen LogP contribution in [0.4, 0.5) is 10.5 Å². The number of carbonyl (C=O) groups is 1. The van der Waals surface area contributed by atoms with Gasteiger partial charge in [-0.3, -0.25) is 4.90 Å². The van der Waals surface area contributed by atoms with Crippen LogP contribution in [-0.2, 0) is 0 Å². The molecular formula is C21H27N3O4. The van der Waals surface area contributed by atoms with Gasteiger partial charge in [0.15, 0.2) is 0 Å². The van der Waals surface area contributed by atoms with Gasteiger partial charge >= 0.3 is 6.03 Å². The van der Waals surface area contributed by atoms with Crippen LogP contribution in [0.3, 0.4) is 0 Å². The number of nitrogens with zero attached hydrogens (tertiary/aromatic N) is 2. The van der Waals surface area contributed by atoms with Crippen molar-refractivity contribution in [3.05, 3.63) is 48.5 Å². The molecule has 0 saturated carbocycles. The molecule has 0 spiro atoms. The molecule has 3 rings (SSSR count). The summed E-state index contributed by atoms with van der Waals surface area (Å²) in [5.41, 5.74) is 0.602. The van der Waals surface area contributed by atoms with Gasteiger partial charge in [0.2, 0.25) is 0 Å². The average Bonchev–Trinajstić information content (AvgIpc) is 2.75. The van der Waals surface area contributed by atoms with E-state index in [9.17, 15) is 4.79 Å². The third kappa shape index (κ3) is 5.29. The molecule has 2 aromatic rings. The Bertz CT molecular complexity index is 762. The smallest absolute Gasteiger partial charge is 0.322 e. The van der Waals surface area contributed by atoms with Crippen molar-refractivity contribution < 1.29 is 19.0 Å². The Morgan fingerprint density at radius 1 is 0.964 bits per heavy atom. The number of urea groups is 1. The minimum atomic E-state index is -0.133. The lowest BCUT2D eigenvalue weighted by atomic mass is 10.2. The summed E-state index contributed by atoms with van der Waals surface area (Å²) in [4.78, 5) is 16.7. The monoisotopic (exact) mass is 385 g/mol. The fraction of sp³-hybridized carbons (Fsp3) is 0.381. The van der Waals surface area contributed by atoms with Crippen molar-refractivity contribution in [2.45, 2.75) is 0 Å². The van der Waals surface area contributed by atoms with E-state index >= 15 is 0 Å². The molecule has 28 heavy (non-hydrogen) atoms. The molecule has 150 valence electrons. The summed E-state index contributed by atoms with van der Waals surface area (Å²) in [5, 5.41) is 2.92. The highest BCUT2D eigenvalue weighted by Crippen LogP contribution is 2.29. The van der Waals surface area contributed by atoms with E-state index in [2.05, 4.69) is 10.2 Å². The highest BCUT2D eigenvalue weighted by atomic mass is 16.5. The Balaban J connectivity index is 1.45. The standard InChI is InChI=1S/C21H27N3O4/c1-26-18-8-9-20(27-2)19(16-18)22-21(25)24-12-10-23(11-13-24)14-15-28-17-6-4-3-5-7-17/h3-9,16H,10-15H2,1-2H3,(H,22,25). The molecule has 7 heteroatoms. The Morgan fingerprint density at radius 2 is 1.71 bits per heavy atom. The molecular weight excluding hydrogens is 358 g/mol. The minimum Gasteiger partial charge on any atom is -0.497 e. The molecule has 1 N–H and O–H groups in total. The quantitative estimate of drug-likeness (QED) is 0.794. The van der Waals surface area contributed by atoms with Crippen molar-refractivity contribution in [3.8, 4) is 17.2 Å². The predicted octanol–water partition coefficient (Wildman–Crippen LogP) is 2.93. The zero-order valence-corrected chi connectivity index (χ0v) is 16.4. The van der Waals surface area contributed by atoms with E-state index in [4.69, 9.17) is 14.2 Å². The number of nitrogens with one attached hydrogen (secondary N) is 1. The fourth-order valence-corrected chi connectivity index (χ4v) is 3.09. The maximum atomic E-state index is 12.6. The molecule has 0 atom stereocenters. The van der Waals surface area contributed by atoms with Crippen LogP contribution in [0.5, 0.6) is 17.2 Å². The number of carbonyl (C=O) groups excluding carboxylic acids is 1. The summed E-state index contributed by atoms with van der Waals surface area (Å²) < 4.78 is 16.3. The molecule has 1 fully saturated rings. The van der Waals surface area contributed by atoms with Crippen LogP contribution in [0.15, 0.2) is 48.5 Å². The van der Waals surface area contributed by atoms with E-state index in [0.29, 0.717) is 36.9 Å². The Hall–Kier alpha value is -2.93. The van der Waals surface area contributed by atoms with Crippen molar-refractivity contribution in [2.75, 3.05) is 58.9 Å². The minimum absolute atomic E-state index is 0.133. The molecule has 1 aliphatic rings. The zero-order valence-electron chi connectivity index (χ0n) is 16.4. The van der Waals surface area contributed by atoms with E-state index < -0.39 is 0 Å². The van der Waals surface area contributed by atoms with Crippen LogP contribution in [0.1, 0.15) is 0 Å². The lowest BCUT2D eigenvalue weighted by molar-refractivity contribution is 0.132. The Labute approximate surface area is 165 Å². The van der Waals surface area contributed by atoms with Crippen LogP contribution in [0.25, 0.3) is 0 Å². The van der Waals surface area contributed by atoms with Gasteiger partial charge in [-0.05, 0) is 24.3 Å². The average molecular weight is 385 g/mol. The number of hydrogen-bond donors (Lipinski definition) is 1. The third-order valence-corrected chi connectivity index (χ3v) is 4.73. The first-order valence-electron chi connectivity index (χ1n) is 9.38. The molecule has 0 unspecified atom stereocenters. The number of amides is 2. The second kappa shape index (κ2) is 9.85. The normalized spacial score (nSPS) is 14.4. The largest absolute Gasteiger partial charge is 0.497 e. The first-order chi connectivity index (χ1) is 13.7. The number of para-hydroxylation sites is 1. The van der Waals surface area contributed by atoms with Gasteiger partial charge in [-0.25, -0.2) is 4.79 Å². The van der Waals surface area contributed by atoms with E-state index in [1.54, 1.807) is 32.4 Å². The van der Waals surface area contributed by atoms with Gasteiger partial charge in [0, 0.05) is 38.8 Å². The first-order valence-corrected chi connectivity index (χ1v) is 9.38. The highest BCUT2D eigenvalue weighted by Gasteiger charge is 2.22. The van der Waals surface area contributed by atoms with Crippen molar-refractivity contribution in [2.24, 2.45) is 0 Å². The van der Waals surface area contributed by atoms with Gasteiger partial charge in [0.25, 0.3) is 0 Å². The molecule has 0 aromatic heterocycles. The van der Waals surface area contributed by atoms with Crippen molar-refractivity contribution >= 4 is 11.7 Å². The summed E-state index contributed by atoms with van der Waals surface area (Å²) in [6.45, 7) is 4.46. The Morgan fingerprint density at radius 3 is 2.39 bits per heavy atom. The second-order valence-electron chi connectivity index (χ2n) is 6.49. The summed E-state index contributed by atoms with van der Waals surface area (Å²) in [5.74, 6) is 2.15. The number of rotatable bonds is 7. The van der Waals surface area contributed by atoms with Crippen molar-refractivity contribution in [1.29, 1.82) is 0 Å². The lowest BCUT2D eigenvalue weighted by Crippen LogP contribution is -2.50. The maximum absolute atomic E-state index is 12.6. The number of hydrogen-bond acceptors (Lipinski definition) is 5. The molecule has 1 aliphatic heterocycles. The van der Waals surface area contributed by atoms with E-state index in [0.717, 1.165) is 25.4 Å². The Kier molecular flexibility index (Phi) is 6.97. The fourth-order valence-electron chi connectivity index (χ4n) is 3.09. The summed E-state index contributed by atoms with van der Waals surface area (Å²) in [6.07, 6.45) is 0. The molecule has 2 amide bonds. The van der Waals surface area contributed by atoms with Gasteiger partial charge in [-0.2, -0.15) is 0 Å². The third-order valence-electron chi connectivity index (χ3n) is 4.73. The highest BCUT2D eigenvalue weighted by molar-refractivity contribution is 5.91. The molecule has 1 heterocycles. The molecule has 7 nitrogen and oxygen atoms in total. The van der Waals surface area contributed by atoms with E-state index in [1.165, 1.54) is 0 Å². The predicted molar refractivity (Wildman–Crippen MR) is 109 cm³/mol. The molecule has 0 aliphatic carbocycles. The van der Waals surface area contributed by atoms with Gasteiger partial charge in [-0.15, -0.1) is 0 Å². The first kappa shape index (κ1) is 19.8. The number of methoxy groups -OCH3 is 2.